The molecule has 11 unspecified atom stereocenters. The first-order valence-electron chi connectivity index (χ1n) is 18.7. The predicted molar refractivity (Wildman–Crippen MR) is 194 cm³/mol. The van der Waals surface area contributed by atoms with Crippen LogP contribution in [0.25, 0.3) is 0 Å². The number of alkyl halides is 2. The van der Waals surface area contributed by atoms with Gasteiger partial charge in [-0.2, -0.15) is 4.99 Å². The first kappa shape index (κ1) is 36.9. The lowest BCUT2D eigenvalue weighted by atomic mass is 9.33. The van der Waals surface area contributed by atoms with E-state index in [1.165, 1.54) is 25.7 Å². The maximum atomic E-state index is 14.6. The van der Waals surface area contributed by atoms with Gasteiger partial charge in [-0.15, -0.1) is 0 Å². The molecule has 5 aliphatic carbocycles. The molecule has 11 atom stereocenters. The Hall–Kier alpha value is -1.84. The third-order valence-corrected chi connectivity index (χ3v) is 15.9. The molecule has 6 aliphatic rings. The molecule has 6 rings (SSSR count). The minimum atomic E-state index is -1.30. The van der Waals surface area contributed by atoms with Crippen molar-refractivity contribution < 1.29 is 19.1 Å². The molecule has 1 heterocycles. The number of esters is 1. The molecule has 1 aliphatic heterocycles. The number of allylic oxidation sites excluding steroid dienone is 2. The molecule has 0 aromatic carbocycles. The SMILES string of the molecule is CC1CCC2CCC3(C)C(=CCC4C5(C)C(C(=O)NC(N)=NC(=N)N6CCOCC6)CC(OC(=O)C(Cl)Cl)C(C)(C)C5CCC43C)C2C1C. The smallest absolute Gasteiger partial charge is 0.339 e. The predicted octanol–water partition coefficient (Wildman–Crippen LogP) is 6.91. The molecule has 0 aromatic rings. The van der Waals surface area contributed by atoms with Crippen LogP contribution in [0.2, 0.25) is 0 Å². The van der Waals surface area contributed by atoms with Crippen molar-refractivity contribution >= 4 is 47.0 Å². The van der Waals surface area contributed by atoms with E-state index in [-0.39, 0.29) is 40.5 Å². The molecule has 1 amide bonds. The summed E-state index contributed by atoms with van der Waals surface area (Å²) in [4.78, 5) is 32.2. The van der Waals surface area contributed by atoms with Crippen LogP contribution < -0.4 is 11.1 Å². The van der Waals surface area contributed by atoms with Gasteiger partial charge in [-0.05, 0) is 96.7 Å². The lowest BCUT2D eigenvalue weighted by Crippen LogP contribution is -2.68. The first-order valence-corrected chi connectivity index (χ1v) is 19.6. The summed E-state index contributed by atoms with van der Waals surface area (Å²) >= 11 is 12.0. The third-order valence-electron chi connectivity index (χ3n) is 15.5. The Morgan fingerprint density at radius 1 is 1.06 bits per heavy atom. The summed E-state index contributed by atoms with van der Waals surface area (Å²) in [7, 11) is 0. The number of nitrogens with one attached hydrogen (secondary N) is 2. The second-order valence-electron chi connectivity index (χ2n) is 17.6. The number of fused-ring (bicyclic) bond motifs is 7. The summed E-state index contributed by atoms with van der Waals surface area (Å²) in [6, 6.07) is 0. The Bertz CT molecular complexity index is 1390. The van der Waals surface area contributed by atoms with Crippen LogP contribution >= 0.6 is 23.2 Å². The molecule has 0 radical (unpaired) electrons. The Balaban J connectivity index is 1.38. The number of hydrogen-bond acceptors (Lipinski definition) is 5. The van der Waals surface area contributed by atoms with E-state index in [0.717, 1.165) is 31.1 Å². The van der Waals surface area contributed by atoms with Gasteiger partial charge in [0, 0.05) is 24.4 Å². The zero-order valence-corrected chi connectivity index (χ0v) is 32.1. The van der Waals surface area contributed by atoms with Crippen LogP contribution in [0.4, 0.5) is 0 Å². The second-order valence-corrected chi connectivity index (χ2v) is 18.7. The zero-order chi connectivity index (χ0) is 35.7. The van der Waals surface area contributed by atoms with Crippen LogP contribution in [0.5, 0.6) is 0 Å². The molecular weight excluding hydrogens is 661 g/mol. The van der Waals surface area contributed by atoms with E-state index in [1.54, 1.807) is 10.5 Å². The van der Waals surface area contributed by atoms with Gasteiger partial charge in [0.05, 0.1) is 13.2 Å². The molecule has 11 heteroatoms. The van der Waals surface area contributed by atoms with E-state index in [1.807, 2.05) is 0 Å². The van der Waals surface area contributed by atoms with Crippen molar-refractivity contribution in [3.63, 3.8) is 0 Å². The number of nitrogens with zero attached hydrogens (tertiary/aromatic N) is 2. The number of amides is 1. The highest BCUT2D eigenvalue weighted by Crippen LogP contribution is 2.75. The van der Waals surface area contributed by atoms with Gasteiger partial charge in [0.1, 0.15) is 6.10 Å². The molecule has 274 valence electrons. The summed E-state index contributed by atoms with van der Waals surface area (Å²) in [6.45, 7) is 18.8. The van der Waals surface area contributed by atoms with Crippen LogP contribution in [0.3, 0.4) is 0 Å². The highest BCUT2D eigenvalue weighted by molar-refractivity contribution is 6.52. The Kier molecular flexibility index (Phi) is 10.0. The zero-order valence-electron chi connectivity index (χ0n) is 30.6. The number of ether oxygens (including phenoxy) is 2. The molecule has 49 heavy (non-hydrogen) atoms. The Morgan fingerprint density at radius 3 is 2.43 bits per heavy atom. The minimum absolute atomic E-state index is 0.00187. The number of guanidine groups is 2. The molecule has 0 spiro atoms. The average Bonchev–Trinajstić information content (AvgIpc) is 3.04. The lowest BCUT2D eigenvalue weighted by Gasteiger charge is -2.71. The number of aliphatic imine (C=N–C) groups is 1. The van der Waals surface area contributed by atoms with E-state index in [9.17, 15) is 9.59 Å². The maximum absolute atomic E-state index is 14.6. The van der Waals surface area contributed by atoms with Crippen molar-refractivity contribution in [1.29, 1.82) is 5.41 Å². The molecule has 0 bridgehead atoms. The molecule has 4 N–H and O–H groups in total. The highest BCUT2D eigenvalue weighted by Gasteiger charge is 2.70. The number of nitrogens with two attached hydrogens (primary N) is 1. The summed E-state index contributed by atoms with van der Waals surface area (Å²) in [5.41, 5.74) is 7.21. The van der Waals surface area contributed by atoms with Crippen LogP contribution in [0.1, 0.15) is 99.8 Å². The van der Waals surface area contributed by atoms with Crippen molar-refractivity contribution in [2.45, 2.75) is 111 Å². The Morgan fingerprint density at radius 2 is 1.76 bits per heavy atom. The van der Waals surface area contributed by atoms with Crippen molar-refractivity contribution in [3.8, 4) is 0 Å². The van der Waals surface area contributed by atoms with Crippen molar-refractivity contribution in [2.24, 2.45) is 73.8 Å². The molecule has 9 nitrogen and oxygen atoms in total. The highest BCUT2D eigenvalue weighted by atomic mass is 35.5. The summed E-state index contributed by atoms with van der Waals surface area (Å²) < 4.78 is 11.4. The first-order chi connectivity index (χ1) is 23.0. The van der Waals surface area contributed by atoms with Crippen LogP contribution in [0.15, 0.2) is 16.6 Å². The van der Waals surface area contributed by atoms with Crippen LogP contribution in [-0.4, -0.2) is 65.9 Å². The summed E-state index contributed by atoms with van der Waals surface area (Å²) in [5, 5.41) is 11.4. The molecule has 1 saturated heterocycles. The van der Waals surface area contributed by atoms with Gasteiger partial charge in [0.25, 0.3) is 0 Å². The number of carbonyl (C=O) groups excluding carboxylic acids is 2. The van der Waals surface area contributed by atoms with Gasteiger partial charge in [-0.25, -0.2) is 4.79 Å². The van der Waals surface area contributed by atoms with Crippen molar-refractivity contribution in [2.75, 3.05) is 26.3 Å². The van der Waals surface area contributed by atoms with E-state index in [0.29, 0.717) is 44.6 Å². The lowest BCUT2D eigenvalue weighted by molar-refractivity contribution is -0.230. The number of halogens is 2. The van der Waals surface area contributed by atoms with E-state index < -0.39 is 33.7 Å². The van der Waals surface area contributed by atoms with Gasteiger partial charge in [0.15, 0.2) is 0 Å². The number of morpholine rings is 1. The monoisotopic (exact) mass is 719 g/mol. The standard InChI is InChI=1S/C38H59Cl2N5O4/c1-21-8-9-23-12-14-36(5)24(29(23)22(21)2)10-11-27-37(36,6)15-13-26-35(3,4)28(49-32(47)30(39)40)20-25(38(26,27)7)31(46)43-33(41)44-34(42)45-16-18-48-19-17-45/h10,21-23,25-30H,8-9,11-20H2,1-7H3,(H4,41,42,43,44,46). The minimum Gasteiger partial charge on any atom is -0.460 e. The van der Waals surface area contributed by atoms with Crippen molar-refractivity contribution in [3.05, 3.63) is 11.6 Å². The fraction of sp³-hybridized carbons (Fsp3) is 0.842. The normalized spacial score (nSPS) is 43.3. The fourth-order valence-corrected chi connectivity index (χ4v) is 12.5. The van der Waals surface area contributed by atoms with Crippen LogP contribution in [-0.2, 0) is 19.1 Å². The Labute approximate surface area is 303 Å². The molecular formula is C38H59Cl2N5O4. The van der Waals surface area contributed by atoms with Gasteiger partial charge in [0.2, 0.25) is 22.7 Å². The summed E-state index contributed by atoms with van der Waals surface area (Å²) in [5.74, 6) is 1.57. The maximum Gasteiger partial charge on any atom is 0.339 e. The van der Waals surface area contributed by atoms with Gasteiger partial charge in [-0.1, -0.05) is 89.7 Å². The van der Waals surface area contributed by atoms with Gasteiger partial charge < -0.3 is 20.1 Å². The molecule has 5 fully saturated rings. The molecule has 0 aromatic heterocycles. The number of carbonyl (C=O) groups is 2. The fourth-order valence-electron chi connectivity index (χ4n) is 12.4. The largest absolute Gasteiger partial charge is 0.460 e. The molecule has 4 saturated carbocycles. The quantitative estimate of drug-likeness (QED) is 0.0956. The third kappa shape index (κ3) is 5.93. The average molecular weight is 721 g/mol. The van der Waals surface area contributed by atoms with Crippen LogP contribution in [0, 0.1) is 68.5 Å². The topological polar surface area (TPSA) is 130 Å². The summed E-state index contributed by atoms with van der Waals surface area (Å²) in [6.07, 6.45) is 10.4. The van der Waals surface area contributed by atoms with Gasteiger partial charge >= 0.3 is 5.97 Å². The van der Waals surface area contributed by atoms with Crippen molar-refractivity contribution in [1.82, 2.24) is 10.2 Å². The second kappa shape index (κ2) is 13.3. The van der Waals surface area contributed by atoms with Gasteiger partial charge in [-0.3, -0.25) is 15.5 Å². The van der Waals surface area contributed by atoms with E-state index in [2.05, 4.69) is 64.9 Å². The number of hydrogen-bond donors (Lipinski definition) is 3. The number of rotatable bonds is 3. The van der Waals surface area contributed by atoms with E-state index in [4.69, 9.17) is 43.8 Å². The van der Waals surface area contributed by atoms with E-state index >= 15 is 0 Å².